The Hall–Kier alpha value is -0.770. The first kappa shape index (κ1) is 11.3. The molecule has 1 aliphatic carbocycles. The maximum Gasteiger partial charge on any atom is 0.156 e. The number of nitrogens with two attached hydrogens (primary N) is 1. The number of rotatable bonds is 6. The Morgan fingerprint density at radius 1 is 1.64 bits per heavy atom. The van der Waals surface area contributed by atoms with Crippen molar-refractivity contribution in [3.8, 4) is 0 Å². The molecule has 2 atom stereocenters. The van der Waals surface area contributed by atoms with Gasteiger partial charge in [-0.3, -0.25) is 0 Å². The van der Waals surface area contributed by atoms with Gasteiger partial charge in [0.2, 0.25) is 0 Å². The molecule has 0 radical (unpaired) electrons. The summed E-state index contributed by atoms with van der Waals surface area (Å²) >= 11 is 0. The van der Waals surface area contributed by atoms with E-state index in [9.17, 15) is 0 Å². The number of hydrogen-bond acceptors (Lipinski definition) is 3. The molecule has 4 N–H and O–H groups in total. The summed E-state index contributed by atoms with van der Waals surface area (Å²) in [4.78, 5) is 0. The quantitative estimate of drug-likeness (QED) is 0.261. The van der Waals surface area contributed by atoms with Crippen LogP contribution in [0.5, 0.6) is 0 Å². The van der Waals surface area contributed by atoms with Crippen molar-refractivity contribution in [2.75, 3.05) is 0 Å². The summed E-state index contributed by atoms with van der Waals surface area (Å²) in [6, 6.07) is 0.460. The molecule has 14 heavy (non-hydrogen) atoms. The van der Waals surface area contributed by atoms with Gasteiger partial charge in [-0.15, -0.1) is 0 Å². The van der Waals surface area contributed by atoms with Gasteiger partial charge in [-0.1, -0.05) is 24.9 Å². The van der Waals surface area contributed by atoms with Gasteiger partial charge in [0.05, 0.1) is 6.04 Å². The van der Waals surface area contributed by atoms with Crippen LogP contribution in [0, 0.1) is 5.92 Å². The number of hydrogen-bond donors (Lipinski definition) is 3. The van der Waals surface area contributed by atoms with Crippen molar-refractivity contribution in [1.82, 2.24) is 5.32 Å². The molecule has 1 aliphatic rings. The van der Waals surface area contributed by atoms with Crippen LogP contribution < -0.4 is 11.1 Å². The molecule has 0 aliphatic heterocycles. The second-order valence-electron chi connectivity index (χ2n) is 4.23. The fraction of sp³-hybridized carbons (Fsp3) is 0.900. The predicted octanol–water partition coefficient (Wildman–Crippen LogP) is 1.29. The van der Waals surface area contributed by atoms with Crippen LogP contribution in [0.15, 0.2) is 5.16 Å². The number of nitrogens with zero attached hydrogens (tertiary/aromatic N) is 1. The van der Waals surface area contributed by atoms with Crippen LogP contribution in [0.3, 0.4) is 0 Å². The lowest BCUT2D eigenvalue weighted by Crippen LogP contribution is -2.45. The summed E-state index contributed by atoms with van der Waals surface area (Å²) in [5, 5.41) is 15.0. The Morgan fingerprint density at radius 3 is 2.71 bits per heavy atom. The van der Waals surface area contributed by atoms with Crippen LogP contribution in [0.25, 0.3) is 0 Å². The van der Waals surface area contributed by atoms with E-state index in [1.165, 1.54) is 19.3 Å². The second kappa shape index (κ2) is 5.20. The van der Waals surface area contributed by atoms with E-state index in [2.05, 4.69) is 17.4 Å². The first-order valence-corrected chi connectivity index (χ1v) is 5.40. The van der Waals surface area contributed by atoms with Gasteiger partial charge in [0.25, 0.3) is 0 Å². The zero-order valence-corrected chi connectivity index (χ0v) is 9.03. The van der Waals surface area contributed by atoms with E-state index in [1.54, 1.807) is 0 Å². The number of oxime groups is 1. The van der Waals surface area contributed by atoms with Crippen LogP contribution in [0.2, 0.25) is 0 Å². The van der Waals surface area contributed by atoms with Crippen molar-refractivity contribution in [3.63, 3.8) is 0 Å². The molecule has 1 fully saturated rings. The van der Waals surface area contributed by atoms with Crippen molar-refractivity contribution >= 4 is 5.84 Å². The molecule has 0 bridgehead atoms. The third-order valence-electron chi connectivity index (χ3n) is 2.75. The Kier molecular flexibility index (Phi) is 4.20. The fourth-order valence-corrected chi connectivity index (χ4v) is 1.75. The van der Waals surface area contributed by atoms with E-state index >= 15 is 0 Å². The monoisotopic (exact) mass is 199 g/mol. The summed E-state index contributed by atoms with van der Waals surface area (Å²) in [5.41, 5.74) is 5.56. The van der Waals surface area contributed by atoms with Gasteiger partial charge >= 0.3 is 0 Å². The number of amidine groups is 1. The first-order chi connectivity index (χ1) is 6.67. The predicted molar refractivity (Wildman–Crippen MR) is 57.4 cm³/mol. The zero-order chi connectivity index (χ0) is 10.6. The largest absolute Gasteiger partial charge is 0.409 e. The smallest absolute Gasteiger partial charge is 0.156 e. The summed E-state index contributed by atoms with van der Waals surface area (Å²) in [6.45, 7) is 4.19. The highest BCUT2D eigenvalue weighted by Crippen LogP contribution is 2.33. The molecule has 1 rings (SSSR count). The van der Waals surface area contributed by atoms with Crippen molar-refractivity contribution < 1.29 is 5.21 Å². The standard InChI is InChI=1S/C10H21N3O/c1-3-9(10(11)13-14)12-7(2)6-8-4-5-8/h7-9,12,14H,3-6H2,1-2H3,(H2,11,13). The Balaban J connectivity index is 2.30. The summed E-state index contributed by atoms with van der Waals surface area (Å²) < 4.78 is 0. The highest BCUT2D eigenvalue weighted by Gasteiger charge is 2.24. The minimum atomic E-state index is 0.00810. The van der Waals surface area contributed by atoms with Crippen LogP contribution in [-0.2, 0) is 0 Å². The molecule has 2 unspecified atom stereocenters. The Bertz CT molecular complexity index is 202. The van der Waals surface area contributed by atoms with Crippen LogP contribution in [-0.4, -0.2) is 23.1 Å². The third-order valence-corrected chi connectivity index (χ3v) is 2.75. The van der Waals surface area contributed by atoms with Gasteiger partial charge in [-0.05, 0) is 25.7 Å². The molecule has 0 aromatic carbocycles. The highest BCUT2D eigenvalue weighted by molar-refractivity contribution is 5.85. The average Bonchev–Trinajstić information content (AvgIpc) is 2.96. The van der Waals surface area contributed by atoms with Crippen molar-refractivity contribution in [1.29, 1.82) is 0 Å². The SMILES string of the molecule is CCC(NC(C)CC1CC1)C(N)=NO. The topological polar surface area (TPSA) is 70.6 Å². The van der Waals surface area contributed by atoms with E-state index in [-0.39, 0.29) is 11.9 Å². The molecule has 82 valence electrons. The molecular weight excluding hydrogens is 178 g/mol. The fourth-order valence-electron chi connectivity index (χ4n) is 1.75. The lowest BCUT2D eigenvalue weighted by Gasteiger charge is -2.20. The van der Waals surface area contributed by atoms with Crippen molar-refractivity contribution in [3.05, 3.63) is 0 Å². The normalized spacial score (nSPS) is 22.0. The van der Waals surface area contributed by atoms with E-state index in [0.717, 1.165) is 12.3 Å². The molecule has 0 saturated heterocycles. The molecule has 0 aromatic rings. The molecule has 0 heterocycles. The van der Waals surface area contributed by atoms with Gasteiger partial charge in [-0.25, -0.2) is 0 Å². The second-order valence-corrected chi connectivity index (χ2v) is 4.23. The van der Waals surface area contributed by atoms with Gasteiger partial charge in [-0.2, -0.15) is 0 Å². The third kappa shape index (κ3) is 3.54. The van der Waals surface area contributed by atoms with Gasteiger partial charge in [0.15, 0.2) is 5.84 Å². The van der Waals surface area contributed by atoms with Crippen LogP contribution >= 0.6 is 0 Å². The van der Waals surface area contributed by atoms with Gasteiger partial charge in [0, 0.05) is 6.04 Å². The van der Waals surface area contributed by atoms with E-state index < -0.39 is 0 Å². The highest BCUT2D eigenvalue weighted by atomic mass is 16.4. The first-order valence-electron chi connectivity index (χ1n) is 5.40. The van der Waals surface area contributed by atoms with Crippen LogP contribution in [0.1, 0.15) is 39.5 Å². The van der Waals surface area contributed by atoms with Crippen LogP contribution in [0.4, 0.5) is 0 Å². The maximum atomic E-state index is 8.57. The summed E-state index contributed by atoms with van der Waals surface area (Å²) in [7, 11) is 0. The Morgan fingerprint density at radius 2 is 2.29 bits per heavy atom. The molecule has 0 aromatic heterocycles. The summed E-state index contributed by atoms with van der Waals surface area (Å²) in [6.07, 6.45) is 4.79. The molecule has 0 spiro atoms. The molecule has 4 heteroatoms. The number of nitrogens with one attached hydrogen (secondary N) is 1. The summed E-state index contributed by atoms with van der Waals surface area (Å²) in [5.74, 6) is 1.19. The van der Waals surface area contributed by atoms with Gasteiger partial charge in [0.1, 0.15) is 0 Å². The van der Waals surface area contributed by atoms with E-state index in [1.807, 2.05) is 6.92 Å². The zero-order valence-electron chi connectivity index (χ0n) is 9.03. The van der Waals surface area contributed by atoms with Crippen molar-refractivity contribution in [2.24, 2.45) is 16.8 Å². The van der Waals surface area contributed by atoms with Crippen molar-refractivity contribution in [2.45, 2.75) is 51.6 Å². The minimum Gasteiger partial charge on any atom is -0.409 e. The van der Waals surface area contributed by atoms with Gasteiger partial charge < -0.3 is 16.3 Å². The maximum absolute atomic E-state index is 8.57. The lowest BCUT2D eigenvalue weighted by molar-refractivity contribution is 0.312. The minimum absolute atomic E-state index is 0.00810. The Labute approximate surface area is 85.6 Å². The average molecular weight is 199 g/mol. The molecular formula is C10H21N3O. The molecule has 1 saturated carbocycles. The molecule has 4 nitrogen and oxygen atoms in total. The van der Waals surface area contributed by atoms with E-state index in [0.29, 0.717) is 6.04 Å². The molecule has 0 amide bonds. The lowest BCUT2D eigenvalue weighted by atomic mass is 10.1. The van der Waals surface area contributed by atoms with E-state index in [4.69, 9.17) is 10.9 Å².